The van der Waals surface area contributed by atoms with Crippen molar-refractivity contribution in [3.63, 3.8) is 0 Å². The molecule has 26 heavy (non-hydrogen) atoms. The minimum Gasteiger partial charge on any atom is -0.356 e. The number of aryl methyl sites for hydroxylation is 1. The van der Waals surface area contributed by atoms with Crippen LogP contribution in [-0.2, 0) is 4.79 Å². The fraction of sp³-hybridized carbons (Fsp3) is 0.353. The van der Waals surface area contributed by atoms with Gasteiger partial charge in [0.25, 0.3) is 0 Å². The Morgan fingerprint density at radius 2 is 2.19 bits per heavy atom. The van der Waals surface area contributed by atoms with E-state index in [1.807, 2.05) is 31.3 Å². The summed E-state index contributed by atoms with van der Waals surface area (Å²) in [7, 11) is 0. The van der Waals surface area contributed by atoms with E-state index in [4.69, 9.17) is 0 Å². The molecule has 134 valence electrons. The summed E-state index contributed by atoms with van der Waals surface area (Å²) in [6.07, 6.45) is 6.91. The highest BCUT2D eigenvalue weighted by atomic mass is 32.1. The Hall–Kier alpha value is -2.81. The first-order chi connectivity index (χ1) is 12.7. The normalized spacial score (nSPS) is 17.3. The fourth-order valence-electron chi connectivity index (χ4n) is 3.08. The average molecular weight is 369 g/mol. The maximum atomic E-state index is 12.6. The van der Waals surface area contributed by atoms with Crippen molar-refractivity contribution in [2.45, 2.75) is 19.8 Å². The number of carbonyl (C=O) groups excluding carboxylic acids is 1. The Bertz CT molecular complexity index is 892. The van der Waals surface area contributed by atoms with Crippen molar-refractivity contribution in [3.05, 3.63) is 42.6 Å². The molecule has 0 radical (unpaired) electrons. The summed E-state index contributed by atoms with van der Waals surface area (Å²) < 4.78 is 5.90. The molecule has 1 aliphatic rings. The second kappa shape index (κ2) is 7.20. The van der Waals surface area contributed by atoms with Crippen LogP contribution in [0.2, 0.25) is 0 Å². The number of nitrogens with zero attached hydrogens (tertiary/aromatic N) is 6. The van der Waals surface area contributed by atoms with Crippen LogP contribution in [-0.4, -0.2) is 43.1 Å². The van der Waals surface area contributed by atoms with Crippen LogP contribution < -0.4 is 10.2 Å². The van der Waals surface area contributed by atoms with Gasteiger partial charge in [-0.1, -0.05) is 0 Å². The molecule has 4 heterocycles. The van der Waals surface area contributed by atoms with Gasteiger partial charge in [0.05, 0.1) is 11.6 Å². The Morgan fingerprint density at radius 1 is 1.31 bits per heavy atom. The topological polar surface area (TPSA) is 88.8 Å². The molecule has 0 bridgehead atoms. The molecule has 9 heteroatoms. The molecule has 1 fully saturated rings. The quantitative estimate of drug-likeness (QED) is 0.759. The van der Waals surface area contributed by atoms with Crippen molar-refractivity contribution in [2.24, 2.45) is 5.92 Å². The average Bonchev–Trinajstić information content (AvgIpc) is 3.34. The molecule has 0 spiro atoms. The van der Waals surface area contributed by atoms with Gasteiger partial charge in [0, 0.05) is 31.5 Å². The molecule has 1 N–H and O–H groups in total. The second-order valence-corrected chi connectivity index (χ2v) is 7.10. The lowest BCUT2D eigenvalue weighted by Gasteiger charge is -2.32. The van der Waals surface area contributed by atoms with Crippen molar-refractivity contribution in [2.75, 3.05) is 23.3 Å². The Morgan fingerprint density at radius 3 is 2.96 bits per heavy atom. The molecule has 0 saturated carbocycles. The predicted molar refractivity (Wildman–Crippen MR) is 99.6 cm³/mol. The number of rotatable bonds is 4. The Kier molecular flexibility index (Phi) is 4.61. The van der Waals surface area contributed by atoms with E-state index in [1.165, 1.54) is 17.9 Å². The lowest BCUT2D eigenvalue weighted by molar-refractivity contribution is -0.120. The highest BCUT2D eigenvalue weighted by Crippen LogP contribution is 2.24. The van der Waals surface area contributed by atoms with Crippen molar-refractivity contribution in [3.8, 4) is 5.82 Å². The number of piperidine rings is 1. The molecule has 0 aromatic carbocycles. The highest BCUT2D eigenvalue weighted by Gasteiger charge is 2.27. The lowest BCUT2D eigenvalue weighted by Crippen LogP contribution is -2.41. The van der Waals surface area contributed by atoms with Crippen LogP contribution in [0.3, 0.4) is 0 Å². The molecule has 8 nitrogen and oxygen atoms in total. The van der Waals surface area contributed by atoms with Gasteiger partial charge >= 0.3 is 0 Å². The molecule has 0 unspecified atom stereocenters. The van der Waals surface area contributed by atoms with Gasteiger partial charge in [-0.15, -0.1) is 0 Å². The van der Waals surface area contributed by atoms with Crippen LogP contribution in [0.4, 0.5) is 10.8 Å². The van der Waals surface area contributed by atoms with Gasteiger partial charge in [0.1, 0.15) is 17.1 Å². The van der Waals surface area contributed by atoms with Gasteiger partial charge in [0.2, 0.25) is 5.91 Å². The van der Waals surface area contributed by atoms with Crippen molar-refractivity contribution >= 4 is 28.3 Å². The van der Waals surface area contributed by atoms with Crippen LogP contribution in [0.25, 0.3) is 5.82 Å². The molecule has 1 saturated heterocycles. The van der Waals surface area contributed by atoms with Crippen LogP contribution in [0.1, 0.15) is 18.5 Å². The largest absolute Gasteiger partial charge is 0.356 e. The van der Waals surface area contributed by atoms with E-state index in [9.17, 15) is 4.79 Å². The number of hydrogen-bond acceptors (Lipinski definition) is 7. The summed E-state index contributed by atoms with van der Waals surface area (Å²) in [5.41, 5.74) is 0.919. The van der Waals surface area contributed by atoms with Crippen molar-refractivity contribution < 1.29 is 4.79 Å². The zero-order chi connectivity index (χ0) is 17.9. The van der Waals surface area contributed by atoms with Gasteiger partial charge < -0.3 is 10.2 Å². The van der Waals surface area contributed by atoms with E-state index in [-0.39, 0.29) is 11.8 Å². The van der Waals surface area contributed by atoms with E-state index in [0.29, 0.717) is 12.4 Å². The smallest absolute Gasteiger partial charge is 0.229 e. The summed E-state index contributed by atoms with van der Waals surface area (Å²) in [5.74, 6) is 1.50. The number of carbonyl (C=O) groups is 1. The van der Waals surface area contributed by atoms with E-state index in [0.717, 1.165) is 35.9 Å². The van der Waals surface area contributed by atoms with Crippen LogP contribution >= 0.6 is 11.5 Å². The molecule has 3 aromatic heterocycles. The molecule has 1 amide bonds. The third-order valence-corrected chi connectivity index (χ3v) is 5.16. The number of aromatic nitrogens is 5. The number of amides is 1. The summed E-state index contributed by atoms with van der Waals surface area (Å²) in [6, 6.07) is 5.65. The maximum Gasteiger partial charge on any atom is 0.229 e. The number of hydrogen-bond donors (Lipinski definition) is 1. The lowest BCUT2D eigenvalue weighted by atomic mass is 9.97. The van der Waals surface area contributed by atoms with Gasteiger partial charge in [0.15, 0.2) is 5.82 Å². The first-order valence-corrected chi connectivity index (χ1v) is 9.27. The molecule has 4 rings (SSSR count). The maximum absolute atomic E-state index is 12.6. The van der Waals surface area contributed by atoms with E-state index in [1.54, 1.807) is 10.9 Å². The fourth-order valence-corrected chi connectivity index (χ4v) is 3.75. The molecule has 3 aromatic rings. The number of anilines is 2. The van der Waals surface area contributed by atoms with Gasteiger partial charge in [-0.05, 0) is 43.4 Å². The van der Waals surface area contributed by atoms with Crippen LogP contribution in [0.15, 0.2) is 36.9 Å². The molecular weight excluding hydrogens is 350 g/mol. The van der Waals surface area contributed by atoms with Gasteiger partial charge in [-0.3, -0.25) is 4.79 Å². The molecular formula is C17H19N7OS. The third kappa shape index (κ3) is 3.57. The first kappa shape index (κ1) is 16.6. The summed E-state index contributed by atoms with van der Waals surface area (Å²) in [6.45, 7) is 3.43. The van der Waals surface area contributed by atoms with Gasteiger partial charge in [-0.2, -0.15) is 9.47 Å². The first-order valence-electron chi connectivity index (χ1n) is 8.50. The predicted octanol–water partition coefficient (Wildman–Crippen LogP) is 2.28. The SMILES string of the molecule is Cc1cc(NC(=O)[C@@H]2CCCN(c3cc(-n4cccn4)ncn3)C2)sn1. The molecule has 1 aliphatic heterocycles. The third-order valence-electron chi connectivity index (χ3n) is 4.37. The summed E-state index contributed by atoms with van der Waals surface area (Å²) >= 11 is 1.31. The minimum absolute atomic E-state index is 0.0414. The second-order valence-electron chi connectivity index (χ2n) is 6.29. The van der Waals surface area contributed by atoms with E-state index < -0.39 is 0 Å². The van der Waals surface area contributed by atoms with Crippen molar-refractivity contribution in [1.29, 1.82) is 0 Å². The Balaban J connectivity index is 1.46. The van der Waals surface area contributed by atoms with E-state index in [2.05, 4.69) is 29.7 Å². The summed E-state index contributed by atoms with van der Waals surface area (Å²) in [5, 5.41) is 7.98. The molecule has 1 atom stereocenters. The van der Waals surface area contributed by atoms with Crippen molar-refractivity contribution in [1.82, 2.24) is 24.1 Å². The number of nitrogens with one attached hydrogen (secondary N) is 1. The summed E-state index contributed by atoms with van der Waals surface area (Å²) in [4.78, 5) is 23.4. The zero-order valence-electron chi connectivity index (χ0n) is 14.4. The van der Waals surface area contributed by atoms with Gasteiger partial charge in [-0.25, -0.2) is 14.6 Å². The minimum atomic E-state index is -0.0747. The van der Waals surface area contributed by atoms with E-state index >= 15 is 0 Å². The van der Waals surface area contributed by atoms with Crippen LogP contribution in [0.5, 0.6) is 0 Å². The molecule has 0 aliphatic carbocycles. The zero-order valence-corrected chi connectivity index (χ0v) is 15.2. The monoisotopic (exact) mass is 369 g/mol. The van der Waals surface area contributed by atoms with Crippen LogP contribution in [0, 0.1) is 12.8 Å². The highest BCUT2D eigenvalue weighted by molar-refractivity contribution is 7.10. The standard InChI is InChI=1S/C17H19N7OS/c1-12-8-16(26-22-12)21-17(25)13-4-2-6-23(10-13)14-9-15(19-11-18-14)24-7-3-5-20-24/h3,5,7-9,11,13H,2,4,6,10H2,1H3,(H,21,25)/t13-/m1/s1. The Labute approximate surface area is 155 Å².